The molecule has 2 N–H and O–H groups in total. The topological polar surface area (TPSA) is 61.8 Å². The van der Waals surface area contributed by atoms with Crippen LogP contribution in [0.4, 0.5) is 10.5 Å². The van der Waals surface area contributed by atoms with Gasteiger partial charge < -0.3 is 9.84 Å². The number of carbonyl (C=O) groups excluding carboxylic acids is 1. The van der Waals surface area contributed by atoms with Crippen LogP contribution in [0.15, 0.2) is 18.2 Å². The summed E-state index contributed by atoms with van der Waals surface area (Å²) in [6, 6.07) is 5.35. The number of amides is 1. The molecule has 1 fully saturated rings. The fourth-order valence-corrected chi connectivity index (χ4v) is 2.75. The molecule has 1 aromatic carbocycles. The summed E-state index contributed by atoms with van der Waals surface area (Å²) in [7, 11) is 0. The van der Waals surface area contributed by atoms with Gasteiger partial charge >= 0.3 is 6.09 Å². The van der Waals surface area contributed by atoms with Gasteiger partial charge in [-0.1, -0.05) is 18.9 Å². The van der Waals surface area contributed by atoms with Crippen LogP contribution in [-0.4, -0.2) is 34.8 Å². The molecule has 23 heavy (non-hydrogen) atoms. The van der Waals surface area contributed by atoms with E-state index in [-0.39, 0.29) is 5.75 Å². The van der Waals surface area contributed by atoms with Crippen LogP contribution in [0.5, 0.6) is 5.75 Å². The first-order chi connectivity index (χ1) is 10.8. The first kappa shape index (κ1) is 17.6. The van der Waals surface area contributed by atoms with Crippen LogP contribution in [0.25, 0.3) is 0 Å². The number of hydrogen-bond acceptors (Lipinski definition) is 4. The molecular weight excluding hydrogens is 292 g/mol. The van der Waals surface area contributed by atoms with Gasteiger partial charge in [-0.25, -0.2) is 4.79 Å². The molecule has 5 heteroatoms. The zero-order chi connectivity index (χ0) is 16.9. The smallest absolute Gasteiger partial charge is 0.412 e. The lowest BCUT2D eigenvalue weighted by molar-refractivity contribution is 0.0635. The van der Waals surface area contributed by atoms with Gasteiger partial charge in [0, 0.05) is 6.54 Å². The molecule has 1 aliphatic heterocycles. The van der Waals surface area contributed by atoms with Crippen molar-refractivity contribution in [1.82, 2.24) is 4.90 Å². The summed E-state index contributed by atoms with van der Waals surface area (Å²) in [6.07, 6.45) is 4.52. The Morgan fingerprint density at radius 3 is 2.48 bits per heavy atom. The Bertz CT molecular complexity index is 530. The number of phenols is 1. The highest BCUT2D eigenvalue weighted by molar-refractivity contribution is 5.87. The summed E-state index contributed by atoms with van der Waals surface area (Å²) >= 11 is 0. The average Bonchev–Trinajstić information content (AvgIpc) is 2.69. The summed E-state index contributed by atoms with van der Waals surface area (Å²) in [4.78, 5) is 14.3. The van der Waals surface area contributed by atoms with Crippen LogP contribution in [0.3, 0.4) is 0 Å². The number of aromatic hydroxyl groups is 1. The summed E-state index contributed by atoms with van der Waals surface area (Å²) in [5.41, 5.74) is 0.908. The minimum atomic E-state index is -0.566. The third kappa shape index (κ3) is 6.10. The van der Waals surface area contributed by atoms with Gasteiger partial charge in [0.05, 0.1) is 5.69 Å². The maximum absolute atomic E-state index is 11.9. The van der Waals surface area contributed by atoms with E-state index in [0.717, 1.165) is 25.2 Å². The SMILES string of the molecule is CC(C)(C)OC(=O)Nc1cc(CN2CCCCCC2)ccc1O. The van der Waals surface area contributed by atoms with E-state index in [2.05, 4.69) is 10.2 Å². The van der Waals surface area contributed by atoms with Crippen molar-refractivity contribution in [2.45, 2.75) is 58.6 Å². The minimum absolute atomic E-state index is 0.0514. The Morgan fingerprint density at radius 2 is 1.87 bits per heavy atom. The lowest BCUT2D eigenvalue weighted by Crippen LogP contribution is -2.27. The maximum Gasteiger partial charge on any atom is 0.412 e. The second kappa shape index (κ2) is 7.68. The Hall–Kier alpha value is -1.75. The van der Waals surface area contributed by atoms with E-state index in [1.807, 2.05) is 32.9 Å². The van der Waals surface area contributed by atoms with Crippen LogP contribution in [0.2, 0.25) is 0 Å². The fourth-order valence-electron chi connectivity index (χ4n) is 2.75. The molecule has 2 rings (SSSR count). The van der Waals surface area contributed by atoms with E-state index < -0.39 is 11.7 Å². The first-order valence-electron chi connectivity index (χ1n) is 8.38. The molecule has 1 saturated heterocycles. The molecule has 1 aliphatic rings. The van der Waals surface area contributed by atoms with E-state index >= 15 is 0 Å². The van der Waals surface area contributed by atoms with Crippen molar-refractivity contribution in [2.75, 3.05) is 18.4 Å². The van der Waals surface area contributed by atoms with Gasteiger partial charge in [-0.2, -0.15) is 0 Å². The number of benzene rings is 1. The van der Waals surface area contributed by atoms with Gasteiger partial charge in [0.1, 0.15) is 11.4 Å². The highest BCUT2D eigenvalue weighted by atomic mass is 16.6. The molecule has 0 spiro atoms. The molecular formula is C18H28N2O3. The van der Waals surface area contributed by atoms with Crippen molar-refractivity contribution >= 4 is 11.8 Å². The zero-order valence-corrected chi connectivity index (χ0v) is 14.4. The Morgan fingerprint density at radius 1 is 1.22 bits per heavy atom. The van der Waals surface area contributed by atoms with Crippen LogP contribution in [-0.2, 0) is 11.3 Å². The molecule has 128 valence electrons. The molecule has 1 heterocycles. The Balaban J connectivity index is 2.01. The van der Waals surface area contributed by atoms with Gasteiger partial charge in [0.25, 0.3) is 0 Å². The molecule has 5 nitrogen and oxygen atoms in total. The van der Waals surface area contributed by atoms with Crippen molar-refractivity contribution in [2.24, 2.45) is 0 Å². The highest BCUT2D eigenvalue weighted by Gasteiger charge is 2.18. The van der Waals surface area contributed by atoms with E-state index in [4.69, 9.17) is 4.74 Å². The number of phenolic OH excluding ortho intramolecular Hbond substituents is 1. The molecule has 0 unspecified atom stereocenters. The lowest BCUT2D eigenvalue weighted by atomic mass is 10.1. The molecule has 0 aromatic heterocycles. The van der Waals surface area contributed by atoms with Crippen LogP contribution in [0, 0.1) is 0 Å². The minimum Gasteiger partial charge on any atom is -0.506 e. The largest absolute Gasteiger partial charge is 0.506 e. The number of hydrogen-bond donors (Lipinski definition) is 2. The quantitative estimate of drug-likeness (QED) is 0.823. The van der Waals surface area contributed by atoms with Crippen molar-refractivity contribution in [3.05, 3.63) is 23.8 Å². The van der Waals surface area contributed by atoms with Crippen LogP contribution < -0.4 is 5.32 Å². The number of ether oxygens (including phenoxy) is 1. The first-order valence-corrected chi connectivity index (χ1v) is 8.38. The number of anilines is 1. The third-order valence-electron chi connectivity index (χ3n) is 3.80. The molecule has 0 bridgehead atoms. The summed E-state index contributed by atoms with van der Waals surface area (Å²) in [6.45, 7) is 8.47. The second-order valence-electron chi connectivity index (χ2n) is 7.17. The Labute approximate surface area is 138 Å². The Kier molecular flexibility index (Phi) is 5.88. The predicted molar refractivity (Wildman–Crippen MR) is 91.7 cm³/mol. The average molecular weight is 320 g/mol. The molecule has 1 aromatic rings. The highest BCUT2D eigenvalue weighted by Crippen LogP contribution is 2.26. The van der Waals surface area contributed by atoms with E-state index in [1.54, 1.807) is 6.07 Å². The summed E-state index contributed by atoms with van der Waals surface area (Å²) in [5, 5.41) is 12.6. The van der Waals surface area contributed by atoms with Crippen molar-refractivity contribution in [1.29, 1.82) is 0 Å². The van der Waals surface area contributed by atoms with Gasteiger partial charge in [-0.3, -0.25) is 10.2 Å². The van der Waals surface area contributed by atoms with Gasteiger partial charge in [0.2, 0.25) is 0 Å². The summed E-state index contributed by atoms with van der Waals surface area (Å²) in [5.74, 6) is 0.0514. The van der Waals surface area contributed by atoms with E-state index in [1.165, 1.54) is 25.7 Å². The fraction of sp³-hybridized carbons (Fsp3) is 0.611. The molecule has 0 saturated carbocycles. The number of nitrogens with one attached hydrogen (secondary N) is 1. The van der Waals surface area contributed by atoms with Crippen LogP contribution >= 0.6 is 0 Å². The van der Waals surface area contributed by atoms with Crippen molar-refractivity contribution in [3.63, 3.8) is 0 Å². The molecule has 0 aliphatic carbocycles. The second-order valence-corrected chi connectivity index (χ2v) is 7.17. The number of rotatable bonds is 3. The van der Waals surface area contributed by atoms with Crippen molar-refractivity contribution < 1.29 is 14.6 Å². The maximum atomic E-state index is 11.9. The van der Waals surface area contributed by atoms with Gasteiger partial charge in [-0.05, 0) is 64.4 Å². The van der Waals surface area contributed by atoms with Gasteiger partial charge in [-0.15, -0.1) is 0 Å². The molecule has 1 amide bonds. The van der Waals surface area contributed by atoms with Crippen LogP contribution in [0.1, 0.15) is 52.0 Å². The zero-order valence-electron chi connectivity index (χ0n) is 14.4. The normalized spacial score (nSPS) is 16.7. The number of carbonyl (C=O) groups is 1. The molecule has 0 atom stereocenters. The third-order valence-corrected chi connectivity index (χ3v) is 3.80. The summed E-state index contributed by atoms with van der Waals surface area (Å²) < 4.78 is 5.23. The lowest BCUT2D eigenvalue weighted by Gasteiger charge is -2.21. The van der Waals surface area contributed by atoms with E-state index in [9.17, 15) is 9.90 Å². The predicted octanol–water partition coefficient (Wildman–Crippen LogP) is 4.12. The molecule has 0 radical (unpaired) electrons. The van der Waals surface area contributed by atoms with Gasteiger partial charge in [0.15, 0.2) is 0 Å². The van der Waals surface area contributed by atoms with Crippen molar-refractivity contribution in [3.8, 4) is 5.75 Å². The number of likely N-dealkylation sites (tertiary alicyclic amines) is 1. The van der Waals surface area contributed by atoms with E-state index in [0.29, 0.717) is 5.69 Å². The standard InChI is InChI=1S/C18H28N2O3/c1-18(2,3)23-17(22)19-15-12-14(8-9-16(15)21)13-20-10-6-4-5-7-11-20/h8-9,12,21H,4-7,10-11,13H2,1-3H3,(H,19,22). The number of nitrogens with zero attached hydrogens (tertiary/aromatic N) is 1. The monoisotopic (exact) mass is 320 g/mol.